The third-order valence-corrected chi connectivity index (χ3v) is 7.48. The highest BCUT2D eigenvalue weighted by Gasteiger charge is 2.47. The zero-order valence-electron chi connectivity index (χ0n) is 22.8. The van der Waals surface area contributed by atoms with Gasteiger partial charge < -0.3 is 19.2 Å². The van der Waals surface area contributed by atoms with Gasteiger partial charge in [0.15, 0.2) is 6.39 Å². The number of ether oxygens (including phenoxy) is 2. The molecule has 6 rings (SSSR count). The Morgan fingerprint density at radius 2 is 2.05 bits per heavy atom. The second-order valence-corrected chi connectivity index (χ2v) is 10.3. The lowest BCUT2D eigenvalue weighted by Gasteiger charge is -2.22. The first kappa shape index (κ1) is 25.9. The number of methoxy groups -OCH3 is 1. The molecule has 0 aliphatic heterocycles. The zero-order chi connectivity index (χ0) is 27.7. The first-order valence-corrected chi connectivity index (χ1v) is 13.2. The lowest BCUT2D eigenvalue weighted by Crippen LogP contribution is -2.35. The van der Waals surface area contributed by atoms with Crippen LogP contribution in [0.5, 0.6) is 0 Å². The number of aryl methyl sites for hydroxylation is 2. The number of amides is 1. The summed E-state index contributed by atoms with van der Waals surface area (Å²) >= 11 is 0. The Balaban J connectivity index is 1.26. The van der Waals surface area contributed by atoms with Gasteiger partial charge in [-0.15, -0.1) is 0 Å². The van der Waals surface area contributed by atoms with Crippen LogP contribution < -0.4 is 5.32 Å². The molecule has 1 atom stereocenters. The van der Waals surface area contributed by atoms with Gasteiger partial charge in [-0.05, 0) is 66.3 Å². The molecule has 9 heteroatoms. The Morgan fingerprint density at radius 1 is 1.18 bits per heavy atom. The Hall–Kier alpha value is -4.34. The molecule has 40 heavy (non-hydrogen) atoms. The van der Waals surface area contributed by atoms with Crippen molar-refractivity contribution in [2.75, 3.05) is 13.7 Å². The molecule has 3 heterocycles. The summed E-state index contributed by atoms with van der Waals surface area (Å²) in [6, 6.07) is 14.1. The van der Waals surface area contributed by atoms with E-state index in [2.05, 4.69) is 38.6 Å². The zero-order valence-corrected chi connectivity index (χ0v) is 22.8. The molecule has 0 bridgehead atoms. The smallest absolute Gasteiger partial charge is 0.252 e. The van der Waals surface area contributed by atoms with Gasteiger partial charge in [-0.1, -0.05) is 18.2 Å². The fourth-order valence-electron chi connectivity index (χ4n) is 5.22. The number of hydrogen-bond acceptors (Lipinski definition) is 7. The van der Waals surface area contributed by atoms with Crippen molar-refractivity contribution in [3.63, 3.8) is 0 Å². The van der Waals surface area contributed by atoms with Gasteiger partial charge in [0.1, 0.15) is 18.1 Å². The van der Waals surface area contributed by atoms with Gasteiger partial charge in [-0.25, -0.2) is 4.98 Å². The van der Waals surface area contributed by atoms with Crippen molar-refractivity contribution in [3.8, 4) is 11.1 Å². The average molecular weight is 538 g/mol. The minimum absolute atomic E-state index is 0.0998. The van der Waals surface area contributed by atoms with E-state index in [-0.39, 0.29) is 12.0 Å². The summed E-state index contributed by atoms with van der Waals surface area (Å²) in [7, 11) is 3.54. The molecule has 0 spiro atoms. The van der Waals surface area contributed by atoms with E-state index in [1.807, 2.05) is 50.6 Å². The van der Waals surface area contributed by atoms with Crippen LogP contribution in [0.4, 0.5) is 0 Å². The molecule has 1 fully saturated rings. The lowest BCUT2D eigenvalue weighted by molar-refractivity contribution is -0.0141. The van der Waals surface area contributed by atoms with E-state index in [9.17, 15) is 4.79 Å². The van der Waals surface area contributed by atoms with Crippen LogP contribution in [0.1, 0.15) is 51.7 Å². The highest BCUT2D eigenvalue weighted by atomic mass is 16.5. The van der Waals surface area contributed by atoms with Crippen LogP contribution in [-0.4, -0.2) is 39.4 Å². The summed E-state index contributed by atoms with van der Waals surface area (Å²) in [5.74, 6) is -0.0998. The highest BCUT2D eigenvalue weighted by Crippen LogP contribution is 2.49. The molecule has 1 aliphatic rings. The van der Waals surface area contributed by atoms with Crippen molar-refractivity contribution < 1.29 is 18.7 Å². The molecule has 1 aliphatic carbocycles. The fraction of sp³-hybridized carbons (Fsp3) is 0.290. The monoisotopic (exact) mass is 537 g/mol. The second-order valence-electron chi connectivity index (χ2n) is 10.3. The molecule has 5 aromatic rings. The number of benzene rings is 2. The molecule has 204 valence electrons. The lowest BCUT2D eigenvalue weighted by atomic mass is 9.94. The largest absolute Gasteiger partial charge is 0.451 e. The van der Waals surface area contributed by atoms with Crippen LogP contribution in [0.2, 0.25) is 0 Å². The first-order chi connectivity index (χ1) is 19.5. The van der Waals surface area contributed by atoms with Gasteiger partial charge in [0, 0.05) is 43.1 Å². The Kier molecular flexibility index (Phi) is 6.91. The van der Waals surface area contributed by atoms with Crippen molar-refractivity contribution in [2.24, 2.45) is 7.05 Å². The van der Waals surface area contributed by atoms with Gasteiger partial charge in [0.25, 0.3) is 5.91 Å². The van der Waals surface area contributed by atoms with E-state index in [1.165, 1.54) is 6.39 Å². The minimum Gasteiger partial charge on any atom is -0.451 e. The molecule has 1 amide bonds. The van der Waals surface area contributed by atoms with E-state index in [0.717, 1.165) is 51.6 Å². The number of oxazole rings is 1. The minimum atomic E-state index is -0.443. The number of carbonyl (C=O) groups excluding carboxylic acids is 1. The maximum Gasteiger partial charge on any atom is 0.252 e. The van der Waals surface area contributed by atoms with Crippen molar-refractivity contribution in [1.82, 2.24) is 25.1 Å². The van der Waals surface area contributed by atoms with Crippen LogP contribution in [0.25, 0.3) is 22.0 Å². The number of aromatic nitrogens is 4. The van der Waals surface area contributed by atoms with E-state index >= 15 is 0 Å². The molecule has 1 N–H and O–H groups in total. The second kappa shape index (κ2) is 10.7. The van der Waals surface area contributed by atoms with Crippen molar-refractivity contribution in [1.29, 1.82) is 0 Å². The molecule has 3 aromatic heterocycles. The Labute approximate surface area is 232 Å². The molecule has 9 nitrogen and oxygen atoms in total. The predicted octanol–water partition coefficient (Wildman–Crippen LogP) is 5.26. The Bertz CT molecular complexity index is 1660. The number of pyridine rings is 1. The maximum absolute atomic E-state index is 13.7. The van der Waals surface area contributed by atoms with Gasteiger partial charge in [0.2, 0.25) is 0 Å². The number of nitrogens with zero attached hydrogens (tertiary/aromatic N) is 4. The van der Waals surface area contributed by atoms with Gasteiger partial charge in [-0.3, -0.25) is 14.5 Å². The van der Waals surface area contributed by atoms with Crippen LogP contribution in [0.3, 0.4) is 0 Å². The highest BCUT2D eigenvalue weighted by molar-refractivity contribution is 5.97. The van der Waals surface area contributed by atoms with Crippen LogP contribution >= 0.6 is 0 Å². The summed E-state index contributed by atoms with van der Waals surface area (Å²) in [6.45, 7) is 2.62. The first-order valence-electron chi connectivity index (χ1n) is 13.2. The molecular weight excluding hydrogens is 506 g/mol. The maximum atomic E-state index is 13.7. The van der Waals surface area contributed by atoms with Crippen LogP contribution in [0.15, 0.2) is 78.1 Å². The van der Waals surface area contributed by atoms with E-state index in [0.29, 0.717) is 24.5 Å². The topological polar surface area (TPSA) is 104 Å². The summed E-state index contributed by atoms with van der Waals surface area (Å²) in [5, 5.41) is 8.76. The quantitative estimate of drug-likeness (QED) is 0.259. The van der Waals surface area contributed by atoms with E-state index in [4.69, 9.17) is 13.9 Å². The molecule has 0 saturated heterocycles. The normalized spacial score (nSPS) is 14.8. The van der Waals surface area contributed by atoms with Crippen LogP contribution in [0, 0.1) is 6.92 Å². The van der Waals surface area contributed by atoms with Crippen LogP contribution in [-0.2, 0) is 28.7 Å². The molecule has 1 saturated carbocycles. The summed E-state index contributed by atoms with van der Waals surface area (Å²) in [5.41, 5.74) is 6.73. The number of hydrogen-bond donors (Lipinski definition) is 1. The third kappa shape index (κ3) is 5.13. The number of carbonyl (C=O) groups is 1. The number of rotatable bonds is 10. The Morgan fingerprint density at radius 3 is 2.75 bits per heavy atom. The fourth-order valence-corrected chi connectivity index (χ4v) is 5.22. The molecule has 2 aromatic carbocycles. The molecular formula is C31H31N5O4. The van der Waals surface area contributed by atoms with Crippen molar-refractivity contribution >= 4 is 16.8 Å². The third-order valence-electron chi connectivity index (χ3n) is 7.48. The van der Waals surface area contributed by atoms with Gasteiger partial charge >= 0.3 is 0 Å². The van der Waals surface area contributed by atoms with Crippen molar-refractivity contribution in [2.45, 2.75) is 38.0 Å². The van der Waals surface area contributed by atoms with E-state index in [1.54, 1.807) is 24.3 Å². The van der Waals surface area contributed by atoms with Gasteiger partial charge in [0.05, 0.1) is 30.5 Å². The van der Waals surface area contributed by atoms with Crippen molar-refractivity contribution in [3.05, 3.63) is 102 Å². The van der Waals surface area contributed by atoms with Gasteiger partial charge in [-0.2, -0.15) is 5.10 Å². The summed E-state index contributed by atoms with van der Waals surface area (Å²) in [4.78, 5) is 22.4. The predicted molar refractivity (Wildman–Crippen MR) is 149 cm³/mol. The van der Waals surface area contributed by atoms with E-state index < -0.39 is 5.54 Å². The SMILES string of the molecule is COC[C@H](OCc1cocn1)c1ccc(C(=O)NC2(c3cc(-c4cnn(C)c4)cc4ncccc34)CC2)c(C)c1. The molecule has 0 unspecified atom stereocenters. The summed E-state index contributed by atoms with van der Waals surface area (Å²) < 4.78 is 18.3. The number of fused-ring (bicyclic) bond motifs is 1. The molecule has 0 radical (unpaired) electrons. The average Bonchev–Trinajstić information content (AvgIpc) is 3.31. The number of nitrogens with one attached hydrogen (secondary N) is 1. The standard InChI is InChI=1S/C31H31N5O4/c1-20-11-21(29(18-38-3)40-17-24-16-39-19-33-24)6-7-25(20)30(37)35-31(8-9-31)27-12-22(23-14-34-36(2)15-23)13-28-26(27)5-4-10-32-28/h4-7,10-16,19,29H,8-9,17-18H2,1-3H3,(H,35,37)/t29-/m0/s1. The summed E-state index contributed by atoms with van der Waals surface area (Å²) in [6.07, 6.45) is 10.00.